The number of fused-ring (bicyclic) bond motifs is 1. The number of imide groups is 2. The van der Waals surface area contributed by atoms with E-state index in [4.69, 9.17) is 21.1 Å². The Hall–Kier alpha value is -6.60. The van der Waals surface area contributed by atoms with Crippen LogP contribution in [0.15, 0.2) is 65.7 Å². The minimum absolute atomic E-state index is 0.0266. The van der Waals surface area contributed by atoms with Crippen LogP contribution in [0, 0.1) is 11.7 Å². The predicted octanol–water partition coefficient (Wildman–Crippen LogP) is 7.81. The quantitative estimate of drug-likeness (QED) is 0.0366. The van der Waals surface area contributed by atoms with E-state index in [9.17, 15) is 33.0 Å². The molecule has 6 N–H and O–H groups in total. The van der Waals surface area contributed by atoms with E-state index in [2.05, 4.69) is 42.6 Å². The molecule has 6 amide bonds. The van der Waals surface area contributed by atoms with Crippen LogP contribution < -0.4 is 31.3 Å². The Bertz CT molecular complexity index is 2780. The summed E-state index contributed by atoms with van der Waals surface area (Å²) in [5.74, 6) is -0.966. The molecule has 3 aliphatic rings. The summed E-state index contributed by atoms with van der Waals surface area (Å²) in [4.78, 5) is 88.6. The first kappa shape index (κ1) is 51.3. The van der Waals surface area contributed by atoms with Gasteiger partial charge >= 0.3 is 0 Å². The van der Waals surface area contributed by atoms with E-state index in [0.717, 1.165) is 28.9 Å². The number of amides is 6. The zero-order valence-electron chi connectivity index (χ0n) is 40.1. The number of aromatic nitrogens is 2. The van der Waals surface area contributed by atoms with Crippen LogP contribution in [0.25, 0.3) is 0 Å². The molecule has 0 aliphatic carbocycles. The first-order valence-electron chi connectivity index (χ1n) is 23.8. The topological polar surface area (TPSA) is 245 Å². The number of anilines is 5. The molecule has 70 heavy (non-hydrogen) atoms. The third-order valence-corrected chi connectivity index (χ3v) is 15.3. The molecule has 4 aromatic rings. The monoisotopic (exact) mass is 996 g/mol. The van der Waals surface area contributed by atoms with Crippen LogP contribution in [0.2, 0.25) is 5.02 Å². The number of benzene rings is 3. The normalized spacial score (nSPS) is 17.1. The fourth-order valence-electron chi connectivity index (χ4n) is 8.89. The SMILES string of the molecule is Cc1cc(Nc2ncc(Cl)c(Nc3ccccc3S(=N)(=O)C(C)C)n2)c(OC(C)C)cc1C1CCN(C(=O)CCCC(=O)NCCCCNc2cccc3c2C(=O)N(C2CCC(=O)NC2=O)C3=O)CC1. The predicted molar refractivity (Wildman–Crippen MR) is 268 cm³/mol. The van der Waals surface area contributed by atoms with Crippen molar-refractivity contribution in [2.75, 3.05) is 42.1 Å². The summed E-state index contributed by atoms with van der Waals surface area (Å²) >= 11 is 6.53. The molecule has 4 heterocycles. The molecule has 372 valence electrons. The van der Waals surface area contributed by atoms with Crippen LogP contribution in [0.1, 0.15) is 123 Å². The number of hydrogen-bond donors (Lipinski definition) is 6. The number of carbonyl (C=O) groups is 6. The van der Waals surface area contributed by atoms with E-state index >= 15 is 0 Å². The number of aryl methyl sites for hydroxylation is 1. The minimum atomic E-state index is -3.10. The summed E-state index contributed by atoms with van der Waals surface area (Å²) in [5.41, 5.74) is 4.20. The van der Waals surface area contributed by atoms with Gasteiger partial charge in [0.2, 0.25) is 29.6 Å². The van der Waals surface area contributed by atoms with Gasteiger partial charge < -0.3 is 30.9 Å². The van der Waals surface area contributed by atoms with Gasteiger partial charge in [-0.1, -0.05) is 29.8 Å². The number of likely N-dealkylation sites (tertiary alicyclic amines) is 1. The maximum Gasteiger partial charge on any atom is 0.264 e. The number of halogens is 1. The molecule has 2 fully saturated rings. The molecule has 3 aromatic carbocycles. The number of nitrogens with one attached hydrogen (secondary N) is 6. The highest BCUT2D eigenvalue weighted by Crippen LogP contribution is 2.39. The van der Waals surface area contributed by atoms with Crippen molar-refractivity contribution in [3.63, 3.8) is 0 Å². The molecule has 1 aromatic heterocycles. The summed E-state index contributed by atoms with van der Waals surface area (Å²) in [6.45, 7) is 11.6. The molecule has 0 spiro atoms. The summed E-state index contributed by atoms with van der Waals surface area (Å²) in [6.07, 6.45) is 5.28. The summed E-state index contributed by atoms with van der Waals surface area (Å²) in [6, 6.07) is 14.9. The summed E-state index contributed by atoms with van der Waals surface area (Å²) in [5, 5.41) is 14.7. The molecular weight excluding hydrogens is 936 g/mol. The molecule has 2 unspecified atom stereocenters. The van der Waals surface area contributed by atoms with E-state index in [1.807, 2.05) is 31.7 Å². The van der Waals surface area contributed by atoms with Crippen LogP contribution in [-0.2, 0) is 28.9 Å². The van der Waals surface area contributed by atoms with Gasteiger partial charge in [0.05, 0.1) is 49.4 Å². The van der Waals surface area contributed by atoms with E-state index in [-0.39, 0.29) is 77.4 Å². The highest BCUT2D eigenvalue weighted by molar-refractivity contribution is 7.93. The van der Waals surface area contributed by atoms with Gasteiger partial charge in [-0.25, -0.2) is 14.0 Å². The van der Waals surface area contributed by atoms with Gasteiger partial charge in [-0.2, -0.15) is 4.98 Å². The molecule has 18 nitrogen and oxygen atoms in total. The van der Waals surface area contributed by atoms with Gasteiger partial charge in [-0.05, 0) is 127 Å². The van der Waals surface area contributed by atoms with Crippen LogP contribution in [0.3, 0.4) is 0 Å². The lowest BCUT2D eigenvalue weighted by atomic mass is 9.86. The van der Waals surface area contributed by atoms with Gasteiger partial charge in [0.15, 0.2) is 5.82 Å². The number of nitrogens with zero attached hydrogens (tertiary/aromatic N) is 4. The lowest BCUT2D eigenvalue weighted by molar-refractivity contribution is -0.136. The van der Waals surface area contributed by atoms with Gasteiger partial charge in [0.25, 0.3) is 11.8 Å². The Balaban J connectivity index is 0.845. The van der Waals surface area contributed by atoms with Crippen LogP contribution in [0.4, 0.5) is 28.8 Å². The lowest BCUT2D eigenvalue weighted by Gasteiger charge is -2.33. The zero-order chi connectivity index (χ0) is 50.3. The van der Waals surface area contributed by atoms with E-state index in [0.29, 0.717) is 73.1 Å². The Kier molecular flexibility index (Phi) is 16.4. The lowest BCUT2D eigenvalue weighted by Crippen LogP contribution is -2.54. The second-order valence-electron chi connectivity index (χ2n) is 18.3. The molecule has 0 radical (unpaired) electrons. The van der Waals surface area contributed by atoms with Gasteiger partial charge in [0, 0.05) is 56.4 Å². The van der Waals surface area contributed by atoms with Crippen molar-refractivity contribution in [3.05, 3.63) is 88.1 Å². The maximum absolute atomic E-state index is 13.3. The molecule has 3 aliphatic heterocycles. The molecule has 20 heteroatoms. The second kappa shape index (κ2) is 22.4. The smallest absolute Gasteiger partial charge is 0.264 e. The van der Waals surface area contributed by atoms with Crippen molar-refractivity contribution >= 4 is 85.6 Å². The summed E-state index contributed by atoms with van der Waals surface area (Å²) < 4.78 is 28.2. The number of piperidine rings is 2. The zero-order valence-corrected chi connectivity index (χ0v) is 41.7. The third kappa shape index (κ3) is 11.9. The minimum Gasteiger partial charge on any atom is -0.489 e. The second-order valence-corrected chi connectivity index (χ2v) is 21.3. The van der Waals surface area contributed by atoms with Crippen molar-refractivity contribution in [1.29, 1.82) is 4.78 Å². The fourth-order valence-corrected chi connectivity index (χ4v) is 10.3. The first-order valence-corrected chi connectivity index (χ1v) is 25.8. The van der Waals surface area contributed by atoms with Crippen molar-refractivity contribution in [3.8, 4) is 5.75 Å². The van der Waals surface area contributed by atoms with Crippen molar-refractivity contribution in [1.82, 2.24) is 30.4 Å². The molecule has 0 bridgehead atoms. The average Bonchev–Trinajstić information content (AvgIpc) is 3.58. The summed E-state index contributed by atoms with van der Waals surface area (Å²) in [7, 11) is -3.10. The van der Waals surface area contributed by atoms with E-state index in [1.165, 1.54) is 6.20 Å². The molecule has 2 atom stereocenters. The largest absolute Gasteiger partial charge is 0.489 e. The van der Waals surface area contributed by atoms with Gasteiger partial charge in [-0.15, -0.1) is 0 Å². The number of hydrogen-bond acceptors (Lipinski definition) is 14. The highest BCUT2D eigenvalue weighted by atomic mass is 35.5. The third-order valence-electron chi connectivity index (χ3n) is 12.6. The number of rotatable bonds is 20. The Morgan fingerprint density at radius 2 is 1.63 bits per heavy atom. The van der Waals surface area contributed by atoms with Crippen molar-refractivity contribution in [2.24, 2.45) is 0 Å². The highest BCUT2D eigenvalue weighted by Gasteiger charge is 2.45. The fraction of sp³-hybridized carbons (Fsp3) is 0.440. The number of para-hydroxylation sites is 1. The van der Waals surface area contributed by atoms with Crippen molar-refractivity contribution in [2.45, 2.75) is 121 Å². The standard InChI is InChI=1S/C50H61ClN10O8S/c1-29(2)69-40-27-34(31(5)26-38(40)57-50-55-28-35(51)46(59-50)56-36-13-6-7-15-41(36)70(52,68)30(3)4)32-20-24-60(25-21-32)44(64)17-11-16-42(62)54-23-9-8-22-53-37-14-10-12-33-45(37)49(67)61(48(33)66)39-18-19-43(63)58-47(39)65/h6-7,10,12-15,26-30,32,39,52-53H,8-9,11,16-25H2,1-5H3,(H,54,62)(H,58,63,65)(H2,55,56,57,59). The average molecular weight is 998 g/mol. The van der Waals surface area contributed by atoms with E-state index in [1.54, 1.807) is 56.3 Å². The van der Waals surface area contributed by atoms with Gasteiger partial charge in [0.1, 0.15) is 16.8 Å². The number of ether oxygens (including phenoxy) is 1. The van der Waals surface area contributed by atoms with Crippen LogP contribution in [-0.4, -0.2) is 103 Å². The Labute approximate surface area is 413 Å². The maximum atomic E-state index is 13.3. The molecule has 0 saturated carbocycles. The van der Waals surface area contributed by atoms with E-state index < -0.39 is 44.6 Å². The number of carbonyl (C=O) groups excluding carboxylic acids is 6. The van der Waals surface area contributed by atoms with Crippen LogP contribution in [0.5, 0.6) is 5.75 Å². The molecule has 2 saturated heterocycles. The Morgan fingerprint density at radius 1 is 0.900 bits per heavy atom. The van der Waals surface area contributed by atoms with Gasteiger partial charge in [-0.3, -0.25) is 39.0 Å². The van der Waals surface area contributed by atoms with Crippen molar-refractivity contribution < 1.29 is 37.7 Å². The van der Waals surface area contributed by atoms with Crippen LogP contribution >= 0.6 is 11.6 Å². The number of unbranched alkanes of at least 4 members (excludes halogenated alkanes) is 1. The molecular formula is C50H61ClN10O8S. The molecule has 7 rings (SSSR count). The first-order chi connectivity index (χ1) is 33.4. The Morgan fingerprint density at radius 3 is 2.36 bits per heavy atom.